The summed E-state index contributed by atoms with van der Waals surface area (Å²) in [6.07, 6.45) is 0. The highest BCUT2D eigenvalue weighted by Crippen LogP contribution is 2.18. The van der Waals surface area contributed by atoms with Gasteiger partial charge in [0, 0.05) is 22.3 Å². The molecule has 0 amide bonds. The fraction of sp³-hybridized carbons (Fsp3) is 0.133. The average Bonchev–Trinajstić information content (AvgIpc) is 2.45. The zero-order chi connectivity index (χ0) is 14.5. The molecule has 0 saturated heterocycles. The van der Waals surface area contributed by atoms with Crippen molar-refractivity contribution < 1.29 is 13.9 Å². The summed E-state index contributed by atoms with van der Waals surface area (Å²) in [7, 11) is 1.27. The van der Waals surface area contributed by atoms with Gasteiger partial charge in [0.05, 0.1) is 12.7 Å². The third-order valence-corrected chi connectivity index (χ3v) is 3.27. The maximum Gasteiger partial charge on any atom is 0.337 e. The quantitative estimate of drug-likeness (QED) is 0.857. The molecule has 0 aromatic heterocycles. The summed E-state index contributed by atoms with van der Waals surface area (Å²) in [6.45, 7) is 0.337. The Balaban J connectivity index is 2.08. The van der Waals surface area contributed by atoms with Crippen molar-refractivity contribution in [1.82, 2.24) is 0 Å². The monoisotopic (exact) mass is 337 g/mol. The van der Waals surface area contributed by atoms with Crippen LogP contribution in [0, 0.1) is 5.82 Å². The van der Waals surface area contributed by atoms with Gasteiger partial charge >= 0.3 is 5.97 Å². The van der Waals surface area contributed by atoms with Crippen LogP contribution in [0.25, 0.3) is 0 Å². The van der Waals surface area contributed by atoms with Crippen LogP contribution in [0.4, 0.5) is 10.1 Å². The Labute approximate surface area is 124 Å². The number of carbonyl (C=O) groups is 1. The Morgan fingerprint density at radius 3 is 2.75 bits per heavy atom. The number of hydrogen-bond acceptors (Lipinski definition) is 3. The number of esters is 1. The van der Waals surface area contributed by atoms with E-state index in [0.717, 1.165) is 10.2 Å². The lowest BCUT2D eigenvalue weighted by molar-refractivity contribution is 0.0600. The molecule has 0 bridgehead atoms. The molecule has 0 unspecified atom stereocenters. The number of hydrogen-bond donors (Lipinski definition) is 1. The third-order valence-electron chi connectivity index (χ3n) is 2.78. The van der Waals surface area contributed by atoms with Gasteiger partial charge in [-0.15, -0.1) is 0 Å². The average molecular weight is 338 g/mol. The molecule has 3 nitrogen and oxygen atoms in total. The summed E-state index contributed by atoms with van der Waals surface area (Å²) in [5.74, 6) is -0.981. The topological polar surface area (TPSA) is 38.3 Å². The second-order valence-electron chi connectivity index (χ2n) is 4.16. The van der Waals surface area contributed by atoms with Gasteiger partial charge in [0.25, 0.3) is 0 Å². The molecule has 0 atom stereocenters. The molecule has 0 aliphatic carbocycles. The Morgan fingerprint density at radius 1 is 1.30 bits per heavy atom. The van der Waals surface area contributed by atoms with Crippen LogP contribution in [-0.2, 0) is 11.3 Å². The van der Waals surface area contributed by atoms with Gasteiger partial charge in [-0.2, -0.15) is 0 Å². The van der Waals surface area contributed by atoms with Gasteiger partial charge in [0.1, 0.15) is 5.82 Å². The van der Waals surface area contributed by atoms with E-state index >= 15 is 0 Å². The van der Waals surface area contributed by atoms with Crippen molar-refractivity contribution in [3.8, 4) is 0 Å². The zero-order valence-corrected chi connectivity index (χ0v) is 12.4. The summed E-state index contributed by atoms with van der Waals surface area (Å²) in [5, 5.41) is 3.12. The van der Waals surface area contributed by atoms with Crippen molar-refractivity contribution >= 4 is 27.6 Å². The minimum absolute atomic E-state index is 0.205. The Bertz CT molecular complexity index is 631. The molecule has 2 aromatic carbocycles. The molecule has 0 aliphatic rings. The smallest absolute Gasteiger partial charge is 0.337 e. The van der Waals surface area contributed by atoms with Crippen LogP contribution in [0.15, 0.2) is 46.9 Å². The van der Waals surface area contributed by atoms with Crippen molar-refractivity contribution in [1.29, 1.82) is 0 Å². The molecule has 0 aliphatic heterocycles. The summed E-state index contributed by atoms with van der Waals surface area (Å²) in [6, 6.07) is 11.9. The molecule has 0 fully saturated rings. The van der Waals surface area contributed by atoms with Crippen LogP contribution in [0.2, 0.25) is 0 Å². The van der Waals surface area contributed by atoms with Gasteiger partial charge < -0.3 is 10.1 Å². The number of methoxy groups -OCH3 is 1. The minimum atomic E-state index is -0.546. The van der Waals surface area contributed by atoms with Crippen LogP contribution in [0.1, 0.15) is 15.9 Å². The van der Waals surface area contributed by atoms with E-state index < -0.39 is 11.8 Å². The molecule has 0 saturated carbocycles. The van der Waals surface area contributed by atoms with E-state index in [9.17, 15) is 9.18 Å². The molecule has 0 radical (unpaired) electrons. The van der Waals surface area contributed by atoms with E-state index in [4.69, 9.17) is 0 Å². The Hall–Kier alpha value is -1.88. The molecule has 104 valence electrons. The number of halogens is 2. The first kappa shape index (κ1) is 14.5. The van der Waals surface area contributed by atoms with Crippen LogP contribution in [0.3, 0.4) is 0 Å². The first-order chi connectivity index (χ1) is 9.60. The van der Waals surface area contributed by atoms with Gasteiger partial charge in [-0.1, -0.05) is 28.1 Å². The summed E-state index contributed by atoms with van der Waals surface area (Å²) < 4.78 is 19.4. The molecular formula is C15H13BrFNO2. The molecule has 2 aromatic rings. The SMILES string of the molecule is COC(=O)c1ccc(CNc2cccc(Br)c2)c(F)c1. The maximum atomic E-state index is 13.9. The Kier molecular flexibility index (Phi) is 4.74. The highest BCUT2D eigenvalue weighted by Gasteiger charge is 2.09. The van der Waals surface area contributed by atoms with E-state index in [1.807, 2.05) is 24.3 Å². The fourth-order valence-electron chi connectivity index (χ4n) is 1.73. The number of nitrogens with one attached hydrogen (secondary N) is 1. The normalized spacial score (nSPS) is 10.2. The van der Waals surface area contributed by atoms with Crippen molar-refractivity contribution in [2.75, 3.05) is 12.4 Å². The van der Waals surface area contributed by atoms with Crippen molar-refractivity contribution in [2.45, 2.75) is 6.54 Å². The summed E-state index contributed by atoms with van der Waals surface area (Å²) in [5.41, 5.74) is 1.57. The standard InChI is InChI=1S/C15H13BrFNO2/c1-20-15(19)10-5-6-11(14(17)7-10)9-18-13-4-2-3-12(16)8-13/h2-8,18H,9H2,1H3. The first-order valence-corrected chi connectivity index (χ1v) is 6.75. The lowest BCUT2D eigenvalue weighted by Crippen LogP contribution is -2.05. The highest BCUT2D eigenvalue weighted by molar-refractivity contribution is 9.10. The Morgan fingerprint density at radius 2 is 2.10 bits per heavy atom. The fourth-order valence-corrected chi connectivity index (χ4v) is 2.13. The molecule has 5 heteroatoms. The van der Waals surface area contributed by atoms with E-state index in [1.165, 1.54) is 13.2 Å². The largest absolute Gasteiger partial charge is 0.465 e. The summed E-state index contributed by atoms with van der Waals surface area (Å²) >= 11 is 3.37. The van der Waals surface area contributed by atoms with Crippen molar-refractivity contribution in [2.24, 2.45) is 0 Å². The third kappa shape index (κ3) is 3.57. The molecule has 0 spiro atoms. The van der Waals surface area contributed by atoms with Crippen LogP contribution in [-0.4, -0.2) is 13.1 Å². The lowest BCUT2D eigenvalue weighted by Gasteiger charge is -2.08. The number of rotatable bonds is 4. The van der Waals surface area contributed by atoms with Crippen LogP contribution < -0.4 is 5.32 Å². The second-order valence-corrected chi connectivity index (χ2v) is 5.08. The van der Waals surface area contributed by atoms with E-state index in [2.05, 4.69) is 26.0 Å². The highest BCUT2D eigenvalue weighted by atomic mass is 79.9. The van der Waals surface area contributed by atoms with Gasteiger partial charge in [-0.25, -0.2) is 9.18 Å². The van der Waals surface area contributed by atoms with Gasteiger partial charge in [-0.05, 0) is 30.3 Å². The van der Waals surface area contributed by atoms with E-state index in [-0.39, 0.29) is 5.56 Å². The molecule has 20 heavy (non-hydrogen) atoms. The zero-order valence-electron chi connectivity index (χ0n) is 10.8. The van der Waals surface area contributed by atoms with E-state index in [0.29, 0.717) is 12.1 Å². The predicted molar refractivity (Wildman–Crippen MR) is 79.2 cm³/mol. The number of carbonyl (C=O) groups excluding carboxylic acids is 1. The molecule has 2 rings (SSSR count). The summed E-state index contributed by atoms with van der Waals surface area (Å²) in [4.78, 5) is 11.3. The van der Waals surface area contributed by atoms with Gasteiger partial charge in [0.15, 0.2) is 0 Å². The van der Waals surface area contributed by atoms with Crippen LogP contribution in [0.5, 0.6) is 0 Å². The second kappa shape index (κ2) is 6.52. The van der Waals surface area contributed by atoms with Crippen molar-refractivity contribution in [3.63, 3.8) is 0 Å². The maximum absolute atomic E-state index is 13.9. The van der Waals surface area contributed by atoms with Crippen molar-refractivity contribution in [3.05, 3.63) is 63.9 Å². The number of ether oxygens (including phenoxy) is 1. The first-order valence-electron chi connectivity index (χ1n) is 5.96. The van der Waals surface area contributed by atoms with Gasteiger partial charge in [-0.3, -0.25) is 0 Å². The minimum Gasteiger partial charge on any atom is -0.465 e. The van der Waals surface area contributed by atoms with Crippen LogP contribution >= 0.6 is 15.9 Å². The van der Waals surface area contributed by atoms with E-state index in [1.54, 1.807) is 12.1 Å². The number of anilines is 1. The lowest BCUT2D eigenvalue weighted by atomic mass is 10.1. The van der Waals surface area contributed by atoms with Gasteiger partial charge in [0.2, 0.25) is 0 Å². The molecule has 0 heterocycles. The molecule has 1 N–H and O–H groups in total. The predicted octanol–water partition coefficient (Wildman–Crippen LogP) is 3.99. The molecular weight excluding hydrogens is 325 g/mol. The number of benzene rings is 2.